The SMILES string of the molecule is Cc1cccc(-c2cc(OCCCCCCN)ccn2)c1. The standard InChI is InChI=1S/C18H24N2O/c1-15-7-6-8-16(13-15)18-14-17(9-11-20-18)21-12-5-3-2-4-10-19/h6-9,11,13-14H,2-5,10,12,19H2,1H3. The zero-order valence-electron chi connectivity index (χ0n) is 12.7. The van der Waals surface area contributed by atoms with E-state index in [2.05, 4.69) is 36.2 Å². The fourth-order valence-electron chi connectivity index (χ4n) is 2.25. The fourth-order valence-corrected chi connectivity index (χ4v) is 2.25. The number of nitrogens with zero attached hydrogens (tertiary/aromatic N) is 1. The molecule has 2 N–H and O–H groups in total. The van der Waals surface area contributed by atoms with Crippen LogP contribution in [0.15, 0.2) is 42.6 Å². The minimum Gasteiger partial charge on any atom is -0.493 e. The summed E-state index contributed by atoms with van der Waals surface area (Å²) in [6.45, 7) is 3.62. The fraction of sp³-hybridized carbons (Fsp3) is 0.389. The third-order valence-electron chi connectivity index (χ3n) is 3.41. The van der Waals surface area contributed by atoms with Crippen LogP contribution in [0.2, 0.25) is 0 Å². The van der Waals surface area contributed by atoms with E-state index in [1.807, 2.05) is 12.1 Å². The number of aromatic nitrogens is 1. The quantitative estimate of drug-likeness (QED) is 0.746. The van der Waals surface area contributed by atoms with Crippen LogP contribution in [0.25, 0.3) is 11.3 Å². The summed E-state index contributed by atoms with van der Waals surface area (Å²) in [5.74, 6) is 0.889. The topological polar surface area (TPSA) is 48.1 Å². The Morgan fingerprint density at radius 2 is 1.90 bits per heavy atom. The van der Waals surface area contributed by atoms with Crippen LogP contribution in [0, 0.1) is 6.92 Å². The molecule has 0 aliphatic carbocycles. The summed E-state index contributed by atoms with van der Waals surface area (Å²) in [7, 11) is 0. The summed E-state index contributed by atoms with van der Waals surface area (Å²) < 4.78 is 5.81. The highest BCUT2D eigenvalue weighted by molar-refractivity contribution is 5.61. The maximum absolute atomic E-state index is 5.81. The lowest BCUT2D eigenvalue weighted by molar-refractivity contribution is 0.304. The summed E-state index contributed by atoms with van der Waals surface area (Å²) in [5.41, 5.74) is 8.80. The molecule has 1 heterocycles. The second-order valence-corrected chi connectivity index (χ2v) is 5.30. The van der Waals surface area contributed by atoms with Crippen LogP contribution in [0.3, 0.4) is 0 Å². The van der Waals surface area contributed by atoms with E-state index in [-0.39, 0.29) is 0 Å². The van der Waals surface area contributed by atoms with Crippen molar-refractivity contribution >= 4 is 0 Å². The van der Waals surface area contributed by atoms with E-state index in [4.69, 9.17) is 10.5 Å². The summed E-state index contributed by atoms with van der Waals surface area (Å²) in [6.07, 6.45) is 6.34. The minimum absolute atomic E-state index is 0.752. The van der Waals surface area contributed by atoms with Gasteiger partial charge >= 0.3 is 0 Å². The first kappa shape index (κ1) is 15.5. The van der Waals surface area contributed by atoms with Crippen molar-refractivity contribution in [2.24, 2.45) is 5.73 Å². The number of nitrogens with two attached hydrogens (primary N) is 1. The van der Waals surface area contributed by atoms with Gasteiger partial charge in [0.25, 0.3) is 0 Å². The van der Waals surface area contributed by atoms with Gasteiger partial charge in [0.15, 0.2) is 0 Å². The maximum Gasteiger partial charge on any atom is 0.122 e. The smallest absolute Gasteiger partial charge is 0.122 e. The highest BCUT2D eigenvalue weighted by Crippen LogP contribution is 2.22. The van der Waals surface area contributed by atoms with Crippen LogP contribution in [0.1, 0.15) is 31.2 Å². The summed E-state index contributed by atoms with van der Waals surface area (Å²) in [5, 5.41) is 0. The van der Waals surface area contributed by atoms with Crippen molar-refractivity contribution in [3.63, 3.8) is 0 Å². The zero-order chi connectivity index (χ0) is 14.9. The van der Waals surface area contributed by atoms with E-state index in [1.54, 1.807) is 6.20 Å². The Balaban J connectivity index is 1.89. The van der Waals surface area contributed by atoms with Gasteiger partial charge in [-0.05, 0) is 38.4 Å². The Bertz CT molecular complexity index is 554. The Hall–Kier alpha value is -1.87. The van der Waals surface area contributed by atoms with Crippen molar-refractivity contribution in [2.75, 3.05) is 13.2 Å². The monoisotopic (exact) mass is 284 g/mol. The lowest BCUT2D eigenvalue weighted by atomic mass is 10.1. The van der Waals surface area contributed by atoms with Crippen LogP contribution >= 0.6 is 0 Å². The molecule has 2 aromatic rings. The Morgan fingerprint density at radius 1 is 1.05 bits per heavy atom. The van der Waals surface area contributed by atoms with Gasteiger partial charge in [0.2, 0.25) is 0 Å². The van der Waals surface area contributed by atoms with Gasteiger partial charge in [-0.1, -0.05) is 36.6 Å². The average molecular weight is 284 g/mol. The molecule has 21 heavy (non-hydrogen) atoms. The van der Waals surface area contributed by atoms with Crippen LogP contribution in [-0.4, -0.2) is 18.1 Å². The number of aryl methyl sites for hydroxylation is 1. The number of ether oxygens (including phenoxy) is 1. The molecule has 0 saturated carbocycles. The molecule has 0 aliphatic heterocycles. The van der Waals surface area contributed by atoms with Gasteiger partial charge in [-0.3, -0.25) is 4.98 Å². The van der Waals surface area contributed by atoms with Gasteiger partial charge in [0.1, 0.15) is 5.75 Å². The Kier molecular flexibility index (Phi) is 6.22. The molecule has 0 unspecified atom stereocenters. The van der Waals surface area contributed by atoms with Gasteiger partial charge in [-0.25, -0.2) is 0 Å². The number of unbranched alkanes of at least 4 members (excludes halogenated alkanes) is 3. The zero-order valence-corrected chi connectivity index (χ0v) is 12.7. The lowest BCUT2D eigenvalue weighted by Gasteiger charge is -2.08. The predicted molar refractivity (Wildman–Crippen MR) is 87.4 cm³/mol. The van der Waals surface area contributed by atoms with Crippen molar-refractivity contribution in [2.45, 2.75) is 32.6 Å². The number of pyridine rings is 1. The molecule has 1 aromatic heterocycles. The number of hydrogen-bond donors (Lipinski definition) is 1. The van der Waals surface area contributed by atoms with Crippen LogP contribution in [0.5, 0.6) is 5.75 Å². The second-order valence-electron chi connectivity index (χ2n) is 5.30. The van der Waals surface area contributed by atoms with Gasteiger partial charge in [0, 0.05) is 17.8 Å². The third-order valence-corrected chi connectivity index (χ3v) is 3.41. The Labute approximate surface area is 127 Å². The van der Waals surface area contributed by atoms with Crippen LogP contribution in [-0.2, 0) is 0 Å². The van der Waals surface area contributed by atoms with E-state index in [9.17, 15) is 0 Å². The summed E-state index contributed by atoms with van der Waals surface area (Å²) in [6, 6.07) is 12.3. The lowest BCUT2D eigenvalue weighted by Crippen LogP contribution is -2.00. The van der Waals surface area contributed by atoms with Crippen molar-refractivity contribution in [3.05, 3.63) is 48.2 Å². The first-order valence-electron chi connectivity index (χ1n) is 7.65. The largest absolute Gasteiger partial charge is 0.493 e. The second kappa shape index (κ2) is 8.42. The normalized spacial score (nSPS) is 10.6. The van der Waals surface area contributed by atoms with Gasteiger partial charge < -0.3 is 10.5 Å². The van der Waals surface area contributed by atoms with Crippen molar-refractivity contribution in [1.82, 2.24) is 4.98 Å². The molecule has 0 amide bonds. The van der Waals surface area contributed by atoms with Gasteiger partial charge in [0.05, 0.1) is 12.3 Å². The third kappa shape index (κ3) is 5.20. The van der Waals surface area contributed by atoms with E-state index in [1.165, 1.54) is 18.4 Å². The predicted octanol–water partition coefficient (Wildman–Crippen LogP) is 3.95. The van der Waals surface area contributed by atoms with Crippen molar-refractivity contribution in [3.8, 4) is 17.0 Å². The van der Waals surface area contributed by atoms with Crippen LogP contribution in [0.4, 0.5) is 0 Å². The first-order chi connectivity index (χ1) is 10.3. The van der Waals surface area contributed by atoms with E-state index < -0.39 is 0 Å². The molecule has 0 spiro atoms. The molecule has 3 nitrogen and oxygen atoms in total. The molecule has 112 valence electrons. The van der Waals surface area contributed by atoms with E-state index in [0.717, 1.165) is 43.0 Å². The molecule has 0 saturated heterocycles. The first-order valence-corrected chi connectivity index (χ1v) is 7.65. The molecular formula is C18H24N2O. The molecule has 0 atom stereocenters. The molecular weight excluding hydrogens is 260 g/mol. The number of hydrogen-bond acceptors (Lipinski definition) is 3. The van der Waals surface area contributed by atoms with Gasteiger partial charge in [-0.15, -0.1) is 0 Å². The minimum atomic E-state index is 0.752. The van der Waals surface area contributed by atoms with Crippen molar-refractivity contribution in [1.29, 1.82) is 0 Å². The highest BCUT2D eigenvalue weighted by Gasteiger charge is 2.02. The number of benzene rings is 1. The van der Waals surface area contributed by atoms with E-state index in [0.29, 0.717) is 0 Å². The molecule has 0 fully saturated rings. The van der Waals surface area contributed by atoms with Crippen LogP contribution < -0.4 is 10.5 Å². The van der Waals surface area contributed by atoms with Gasteiger partial charge in [-0.2, -0.15) is 0 Å². The molecule has 2 rings (SSSR count). The highest BCUT2D eigenvalue weighted by atomic mass is 16.5. The van der Waals surface area contributed by atoms with E-state index >= 15 is 0 Å². The maximum atomic E-state index is 5.81. The molecule has 3 heteroatoms. The summed E-state index contributed by atoms with van der Waals surface area (Å²) >= 11 is 0. The molecule has 0 bridgehead atoms. The van der Waals surface area contributed by atoms with Crippen molar-refractivity contribution < 1.29 is 4.74 Å². The number of rotatable bonds is 8. The Morgan fingerprint density at radius 3 is 2.71 bits per heavy atom. The molecule has 1 aromatic carbocycles. The molecule has 0 aliphatic rings. The average Bonchev–Trinajstić information content (AvgIpc) is 2.51. The molecule has 0 radical (unpaired) electrons. The summed E-state index contributed by atoms with van der Waals surface area (Å²) in [4.78, 5) is 4.43.